The first kappa shape index (κ1) is 19.5. The Morgan fingerprint density at radius 2 is 1.68 bits per heavy atom. The number of benzene rings is 3. The van der Waals surface area contributed by atoms with E-state index < -0.39 is 6.04 Å². The maximum atomic E-state index is 13.2. The smallest absolute Gasteiger partial charge is 0.251 e. The SMILES string of the molecule is CCOc1ccccc1NC(=O)[C@H](Nc1cccc(CC)c1)c1ccccc1. The molecule has 0 radical (unpaired) electrons. The van der Waals surface area contributed by atoms with Crippen molar-refractivity contribution in [3.8, 4) is 5.75 Å². The molecule has 0 saturated carbocycles. The molecule has 4 nitrogen and oxygen atoms in total. The molecule has 0 bridgehead atoms. The molecule has 0 aliphatic carbocycles. The van der Waals surface area contributed by atoms with Crippen LogP contribution in [-0.4, -0.2) is 12.5 Å². The second-order valence-corrected chi connectivity index (χ2v) is 6.46. The van der Waals surface area contributed by atoms with E-state index >= 15 is 0 Å². The van der Waals surface area contributed by atoms with E-state index in [-0.39, 0.29) is 5.91 Å². The number of anilines is 2. The lowest BCUT2D eigenvalue weighted by Gasteiger charge is -2.21. The standard InChI is InChI=1S/C24H26N2O2/c1-3-18-11-10-14-20(17-18)25-23(19-12-6-5-7-13-19)24(27)26-21-15-8-9-16-22(21)28-4-2/h5-17,23,25H,3-4H2,1-2H3,(H,26,27)/t23-/m1/s1. The third kappa shape index (κ3) is 4.92. The van der Waals surface area contributed by atoms with Crippen molar-refractivity contribution in [3.63, 3.8) is 0 Å². The molecule has 0 heterocycles. The minimum atomic E-state index is -0.525. The fourth-order valence-corrected chi connectivity index (χ4v) is 3.05. The monoisotopic (exact) mass is 374 g/mol. The van der Waals surface area contributed by atoms with Crippen LogP contribution in [0, 0.1) is 0 Å². The fraction of sp³-hybridized carbons (Fsp3) is 0.208. The van der Waals surface area contributed by atoms with Crippen LogP contribution in [0.5, 0.6) is 5.75 Å². The molecule has 1 amide bonds. The van der Waals surface area contributed by atoms with Crippen LogP contribution < -0.4 is 15.4 Å². The summed E-state index contributed by atoms with van der Waals surface area (Å²) in [5.74, 6) is 0.526. The molecule has 0 fully saturated rings. The van der Waals surface area contributed by atoms with Crippen molar-refractivity contribution in [1.82, 2.24) is 0 Å². The summed E-state index contributed by atoms with van der Waals surface area (Å²) in [4.78, 5) is 13.2. The first-order valence-electron chi connectivity index (χ1n) is 9.64. The van der Waals surface area contributed by atoms with Gasteiger partial charge in [0.05, 0.1) is 12.3 Å². The Hall–Kier alpha value is -3.27. The highest BCUT2D eigenvalue weighted by molar-refractivity contribution is 5.98. The molecule has 2 N–H and O–H groups in total. The summed E-state index contributed by atoms with van der Waals surface area (Å²) in [6.07, 6.45) is 0.944. The van der Waals surface area contributed by atoms with Crippen molar-refractivity contribution in [2.24, 2.45) is 0 Å². The number of hydrogen-bond donors (Lipinski definition) is 2. The minimum absolute atomic E-state index is 0.139. The van der Waals surface area contributed by atoms with E-state index in [9.17, 15) is 4.79 Å². The molecule has 0 aromatic heterocycles. The van der Waals surface area contributed by atoms with Crippen LogP contribution in [0.2, 0.25) is 0 Å². The number of nitrogens with one attached hydrogen (secondary N) is 2. The van der Waals surface area contributed by atoms with Crippen LogP contribution >= 0.6 is 0 Å². The Morgan fingerprint density at radius 1 is 0.929 bits per heavy atom. The lowest BCUT2D eigenvalue weighted by atomic mass is 10.0. The normalized spacial score (nSPS) is 11.5. The summed E-state index contributed by atoms with van der Waals surface area (Å²) in [7, 11) is 0. The molecule has 3 aromatic rings. The van der Waals surface area contributed by atoms with Crippen molar-refractivity contribution < 1.29 is 9.53 Å². The Labute approximate surface area is 166 Å². The molecule has 3 rings (SSSR count). The van der Waals surface area contributed by atoms with Crippen LogP contribution in [-0.2, 0) is 11.2 Å². The largest absolute Gasteiger partial charge is 0.492 e. The second-order valence-electron chi connectivity index (χ2n) is 6.46. The molecule has 0 aliphatic heterocycles. The van der Waals surface area contributed by atoms with E-state index in [0.29, 0.717) is 18.0 Å². The number of aryl methyl sites for hydroxylation is 1. The zero-order valence-electron chi connectivity index (χ0n) is 16.3. The van der Waals surface area contributed by atoms with E-state index in [1.165, 1.54) is 5.56 Å². The Kier molecular flexibility index (Phi) is 6.68. The molecule has 1 atom stereocenters. The number of amides is 1. The number of hydrogen-bond acceptors (Lipinski definition) is 3. The predicted octanol–water partition coefficient (Wildman–Crippen LogP) is 5.44. The van der Waals surface area contributed by atoms with Gasteiger partial charge in [0.2, 0.25) is 0 Å². The van der Waals surface area contributed by atoms with Gasteiger partial charge in [0, 0.05) is 5.69 Å². The van der Waals surface area contributed by atoms with Gasteiger partial charge in [-0.3, -0.25) is 4.79 Å². The highest BCUT2D eigenvalue weighted by atomic mass is 16.5. The molecule has 0 saturated heterocycles. The van der Waals surface area contributed by atoms with Gasteiger partial charge in [0.25, 0.3) is 5.91 Å². The van der Waals surface area contributed by atoms with E-state index in [1.807, 2.05) is 73.7 Å². The van der Waals surface area contributed by atoms with Crippen LogP contribution in [0.25, 0.3) is 0 Å². The number of rotatable bonds is 8. The molecule has 3 aromatic carbocycles. The zero-order valence-corrected chi connectivity index (χ0v) is 16.3. The third-order valence-electron chi connectivity index (χ3n) is 4.49. The number of carbonyl (C=O) groups is 1. The Morgan fingerprint density at radius 3 is 2.43 bits per heavy atom. The van der Waals surface area contributed by atoms with Gasteiger partial charge in [-0.25, -0.2) is 0 Å². The van der Waals surface area contributed by atoms with Crippen LogP contribution in [0.15, 0.2) is 78.9 Å². The first-order chi connectivity index (χ1) is 13.7. The van der Waals surface area contributed by atoms with Gasteiger partial charge in [0.15, 0.2) is 0 Å². The Balaban J connectivity index is 1.87. The highest BCUT2D eigenvalue weighted by Crippen LogP contribution is 2.27. The van der Waals surface area contributed by atoms with Gasteiger partial charge in [-0.1, -0.05) is 61.5 Å². The summed E-state index contributed by atoms with van der Waals surface area (Å²) < 4.78 is 5.64. The van der Waals surface area contributed by atoms with Crippen LogP contribution in [0.3, 0.4) is 0 Å². The molecule has 0 aliphatic rings. The van der Waals surface area contributed by atoms with Crippen molar-refractivity contribution in [2.45, 2.75) is 26.3 Å². The maximum Gasteiger partial charge on any atom is 0.251 e. The molecule has 144 valence electrons. The average molecular weight is 374 g/mol. The van der Waals surface area contributed by atoms with E-state index in [1.54, 1.807) is 0 Å². The summed E-state index contributed by atoms with van der Waals surface area (Å²) in [5.41, 5.74) is 3.70. The lowest BCUT2D eigenvalue weighted by Crippen LogP contribution is -2.27. The summed E-state index contributed by atoms with van der Waals surface area (Å²) in [6, 6.07) is 24.8. The molecular weight excluding hydrogens is 348 g/mol. The van der Waals surface area contributed by atoms with Crippen LogP contribution in [0.1, 0.15) is 31.0 Å². The minimum Gasteiger partial charge on any atom is -0.492 e. The van der Waals surface area contributed by atoms with Gasteiger partial charge < -0.3 is 15.4 Å². The molecular formula is C24H26N2O2. The van der Waals surface area contributed by atoms with Crippen molar-refractivity contribution in [2.75, 3.05) is 17.2 Å². The van der Waals surface area contributed by atoms with Crippen molar-refractivity contribution in [1.29, 1.82) is 0 Å². The molecule has 0 unspecified atom stereocenters. The molecule has 28 heavy (non-hydrogen) atoms. The number of para-hydroxylation sites is 2. The Bertz CT molecular complexity index is 909. The van der Waals surface area contributed by atoms with Gasteiger partial charge in [0.1, 0.15) is 11.8 Å². The van der Waals surface area contributed by atoms with Gasteiger partial charge in [-0.05, 0) is 48.7 Å². The number of ether oxygens (including phenoxy) is 1. The number of carbonyl (C=O) groups excluding carboxylic acids is 1. The van der Waals surface area contributed by atoms with Gasteiger partial charge in [-0.15, -0.1) is 0 Å². The summed E-state index contributed by atoms with van der Waals surface area (Å²) >= 11 is 0. The van der Waals surface area contributed by atoms with Crippen molar-refractivity contribution in [3.05, 3.63) is 90.0 Å². The average Bonchev–Trinajstić information content (AvgIpc) is 2.74. The summed E-state index contributed by atoms with van der Waals surface area (Å²) in [5, 5.41) is 6.40. The predicted molar refractivity (Wildman–Crippen MR) is 115 cm³/mol. The fourth-order valence-electron chi connectivity index (χ4n) is 3.05. The van der Waals surface area contributed by atoms with E-state index in [4.69, 9.17) is 4.74 Å². The van der Waals surface area contributed by atoms with Crippen LogP contribution in [0.4, 0.5) is 11.4 Å². The second kappa shape index (κ2) is 9.60. The van der Waals surface area contributed by atoms with E-state index in [0.717, 1.165) is 17.7 Å². The maximum absolute atomic E-state index is 13.2. The summed E-state index contributed by atoms with van der Waals surface area (Å²) in [6.45, 7) is 4.58. The molecule has 0 spiro atoms. The lowest BCUT2D eigenvalue weighted by molar-refractivity contribution is -0.117. The molecule has 4 heteroatoms. The zero-order chi connectivity index (χ0) is 19.8. The third-order valence-corrected chi connectivity index (χ3v) is 4.49. The van der Waals surface area contributed by atoms with Gasteiger partial charge >= 0.3 is 0 Å². The topological polar surface area (TPSA) is 50.4 Å². The quantitative estimate of drug-likeness (QED) is 0.552. The van der Waals surface area contributed by atoms with Gasteiger partial charge in [-0.2, -0.15) is 0 Å². The van der Waals surface area contributed by atoms with E-state index in [2.05, 4.69) is 29.7 Å². The van der Waals surface area contributed by atoms with Crippen molar-refractivity contribution >= 4 is 17.3 Å². The first-order valence-corrected chi connectivity index (χ1v) is 9.64. The highest BCUT2D eigenvalue weighted by Gasteiger charge is 2.21.